The fraction of sp³-hybridized carbons (Fsp3) is 0.226. The lowest BCUT2D eigenvalue weighted by Crippen LogP contribution is -2.28. The van der Waals surface area contributed by atoms with E-state index in [2.05, 4.69) is 18.2 Å². The number of terminal acetylenes is 1. The molecule has 0 saturated heterocycles. The summed E-state index contributed by atoms with van der Waals surface area (Å²) in [4.78, 5) is 13.3. The number of rotatable bonds is 6. The molecule has 1 aliphatic rings. The van der Waals surface area contributed by atoms with Crippen LogP contribution in [0.25, 0.3) is 11.6 Å². The van der Waals surface area contributed by atoms with Gasteiger partial charge in [0.15, 0.2) is 5.69 Å². The molecule has 8 heteroatoms. The van der Waals surface area contributed by atoms with Crippen molar-refractivity contribution in [3.63, 3.8) is 0 Å². The number of carbonyl (C=O) groups excluding carboxylic acids is 1. The van der Waals surface area contributed by atoms with Crippen LogP contribution in [0.15, 0.2) is 77.3 Å². The first-order valence-corrected chi connectivity index (χ1v) is 14.2. The number of amides is 1. The summed E-state index contributed by atoms with van der Waals surface area (Å²) in [5, 5.41) is 8.42. The van der Waals surface area contributed by atoms with Gasteiger partial charge in [0.2, 0.25) is 0 Å². The van der Waals surface area contributed by atoms with E-state index in [4.69, 9.17) is 28.3 Å². The van der Waals surface area contributed by atoms with Crippen molar-refractivity contribution in [3.05, 3.63) is 111 Å². The quantitative estimate of drug-likeness (QED) is 0.296. The van der Waals surface area contributed by atoms with E-state index in [0.29, 0.717) is 23.0 Å². The zero-order valence-electron chi connectivity index (χ0n) is 22.2. The third kappa shape index (κ3) is 9.18. The van der Waals surface area contributed by atoms with Crippen LogP contribution in [-0.4, -0.2) is 21.4 Å². The number of hydrogen-bond donors (Lipinski definition) is 1. The van der Waals surface area contributed by atoms with E-state index < -0.39 is 0 Å². The number of nitrogens with one attached hydrogen (secondary N) is 1. The third-order valence-electron chi connectivity index (χ3n) is 5.67. The maximum absolute atomic E-state index is 13.4. The first-order valence-electron chi connectivity index (χ1n) is 12.2. The standard InChI is InChI=1S/C26H25ClFN3OS.C3H5Cl.C2H2/c1-3-21(27)14-31-25-20(13-18-9-11-22(28)12-10-18)15-33-16-23(25)24(30-31)26(32)29-17(2)19-7-5-4-6-8-19;1-2-3-4;1-2/h3-13,17H,14-16H2,1-2H3,(H,29,32);2-3H,1H3;1-2H/b20-13+,21-3+;3-2+;/t17-;;/m0../s1. The summed E-state index contributed by atoms with van der Waals surface area (Å²) in [6, 6.07) is 16.1. The Kier molecular flexibility index (Phi) is 13.7. The lowest BCUT2D eigenvalue weighted by atomic mass is 10.0. The van der Waals surface area contributed by atoms with Crippen LogP contribution in [0.1, 0.15) is 59.7 Å². The highest BCUT2D eigenvalue weighted by molar-refractivity contribution is 7.99. The van der Waals surface area contributed by atoms with Gasteiger partial charge in [-0.25, -0.2) is 4.39 Å². The SMILES string of the molecule is C#C.C/C=C(/Cl)Cn1nc(C(=O)N[C@@H](C)c2ccccc2)c2c1/C(=C/c1ccc(F)cc1)CSC2.C/C=C/Cl. The molecule has 4 rings (SSSR count). The number of thioether (sulfide) groups is 1. The van der Waals surface area contributed by atoms with Gasteiger partial charge >= 0.3 is 0 Å². The molecule has 2 aromatic carbocycles. The van der Waals surface area contributed by atoms with E-state index in [1.54, 1.807) is 30.0 Å². The Bertz CT molecular complexity index is 1330. The molecule has 0 spiro atoms. The van der Waals surface area contributed by atoms with E-state index in [9.17, 15) is 9.18 Å². The molecular formula is C31H32Cl2FN3OS. The Morgan fingerprint density at radius 1 is 1.15 bits per heavy atom. The number of halogens is 3. The first-order chi connectivity index (χ1) is 18.9. The Balaban J connectivity index is 0.000000815. The van der Waals surface area contributed by atoms with Gasteiger partial charge in [-0.05, 0) is 61.2 Å². The summed E-state index contributed by atoms with van der Waals surface area (Å²) in [5.41, 5.74) is 6.67. The molecule has 0 radical (unpaired) electrons. The van der Waals surface area contributed by atoms with Gasteiger partial charge < -0.3 is 5.32 Å². The number of carbonyl (C=O) groups is 1. The summed E-state index contributed by atoms with van der Waals surface area (Å²) in [6.07, 6.45) is 13.6. The van der Waals surface area contributed by atoms with Gasteiger partial charge in [0, 0.05) is 22.1 Å². The second-order valence-corrected chi connectivity index (χ2v) is 10.1. The van der Waals surface area contributed by atoms with E-state index >= 15 is 0 Å². The van der Waals surface area contributed by atoms with Crippen molar-refractivity contribution in [2.75, 3.05) is 5.75 Å². The molecule has 4 nitrogen and oxygen atoms in total. The minimum atomic E-state index is -0.271. The molecule has 3 aromatic rings. The fourth-order valence-electron chi connectivity index (χ4n) is 3.82. The number of nitrogens with zero attached hydrogens (tertiary/aromatic N) is 2. The van der Waals surface area contributed by atoms with Crippen LogP contribution in [-0.2, 0) is 12.3 Å². The highest BCUT2D eigenvalue weighted by Crippen LogP contribution is 2.36. The zero-order chi connectivity index (χ0) is 28.8. The van der Waals surface area contributed by atoms with Gasteiger partial charge in [0.25, 0.3) is 5.91 Å². The van der Waals surface area contributed by atoms with Crippen LogP contribution in [0, 0.1) is 18.7 Å². The summed E-state index contributed by atoms with van der Waals surface area (Å²) in [5.74, 6) is 0.977. The molecule has 2 heterocycles. The van der Waals surface area contributed by atoms with Crippen LogP contribution >= 0.6 is 35.0 Å². The molecule has 0 saturated carbocycles. The van der Waals surface area contributed by atoms with Crippen LogP contribution in [0.3, 0.4) is 0 Å². The van der Waals surface area contributed by atoms with Crippen LogP contribution in [0.4, 0.5) is 4.39 Å². The molecular weight excluding hydrogens is 552 g/mol. The van der Waals surface area contributed by atoms with Crippen LogP contribution < -0.4 is 5.32 Å². The van der Waals surface area contributed by atoms with E-state index in [1.807, 2.05) is 67.9 Å². The molecule has 204 valence electrons. The first kappa shape index (κ1) is 32.0. The molecule has 1 amide bonds. The number of allylic oxidation sites excluding steroid dienone is 3. The Morgan fingerprint density at radius 3 is 2.38 bits per heavy atom. The summed E-state index contributed by atoms with van der Waals surface area (Å²) in [6.45, 7) is 6.08. The molecule has 1 aromatic heterocycles. The minimum Gasteiger partial charge on any atom is -0.344 e. The zero-order valence-corrected chi connectivity index (χ0v) is 24.5. The number of benzene rings is 2. The molecule has 1 aliphatic heterocycles. The molecule has 1 N–H and O–H groups in total. The van der Waals surface area contributed by atoms with Crippen molar-refractivity contribution in [2.45, 2.75) is 39.1 Å². The topological polar surface area (TPSA) is 46.9 Å². The van der Waals surface area contributed by atoms with Crippen molar-refractivity contribution in [1.29, 1.82) is 0 Å². The highest BCUT2D eigenvalue weighted by atomic mass is 35.5. The van der Waals surface area contributed by atoms with Crippen LogP contribution in [0.2, 0.25) is 0 Å². The van der Waals surface area contributed by atoms with Gasteiger partial charge in [-0.2, -0.15) is 16.9 Å². The number of fused-ring (bicyclic) bond motifs is 1. The average molecular weight is 585 g/mol. The van der Waals surface area contributed by atoms with Gasteiger partial charge in [-0.3, -0.25) is 9.48 Å². The largest absolute Gasteiger partial charge is 0.344 e. The third-order valence-corrected chi connectivity index (χ3v) is 7.27. The van der Waals surface area contributed by atoms with Crippen molar-refractivity contribution >= 4 is 52.5 Å². The molecule has 0 aliphatic carbocycles. The normalized spacial score (nSPS) is 14.5. The fourth-order valence-corrected chi connectivity index (χ4v) is 4.95. The molecule has 39 heavy (non-hydrogen) atoms. The highest BCUT2D eigenvalue weighted by Gasteiger charge is 2.29. The molecule has 0 bridgehead atoms. The molecule has 1 atom stereocenters. The molecule has 0 fully saturated rings. The van der Waals surface area contributed by atoms with Crippen molar-refractivity contribution in [1.82, 2.24) is 15.1 Å². The maximum atomic E-state index is 13.4. The number of aromatic nitrogens is 2. The van der Waals surface area contributed by atoms with E-state index in [1.165, 1.54) is 17.7 Å². The lowest BCUT2D eigenvalue weighted by molar-refractivity contribution is 0.0933. The predicted molar refractivity (Wildman–Crippen MR) is 165 cm³/mol. The monoisotopic (exact) mass is 583 g/mol. The van der Waals surface area contributed by atoms with Crippen molar-refractivity contribution < 1.29 is 9.18 Å². The summed E-state index contributed by atoms with van der Waals surface area (Å²) in [7, 11) is 0. The van der Waals surface area contributed by atoms with Gasteiger partial charge in [0.05, 0.1) is 18.3 Å². The predicted octanol–water partition coefficient (Wildman–Crippen LogP) is 8.45. The summed E-state index contributed by atoms with van der Waals surface area (Å²) >= 11 is 13.1. The Hall–Kier alpha value is -3.24. The summed E-state index contributed by atoms with van der Waals surface area (Å²) < 4.78 is 15.2. The Labute approximate surface area is 245 Å². The second-order valence-electron chi connectivity index (χ2n) is 8.35. The maximum Gasteiger partial charge on any atom is 0.272 e. The van der Waals surface area contributed by atoms with Gasteiger partial charge in [-0.15, -0.1) is 12.8 Å². The minimum absolute atomic E-state index is 0.149. The van der Waals surface area contributed by atoms with E-state index in [-0.39, 0.29) is 17.8 Å². The Morgan fingerprint density at radius 2 is 1.79 bits per heavy atom. The smallest absolute Gasteiger partial charge is 0.272 e. The van der Waals surface area contributed by atoms with Gasteiger partial charge in [0.1, 0.15) is 5.82 Å². The average Bonchev–Trinajstić information content (AvgIpc) is 3.35. The second kappa shape index (κ2) is 16.7. The van der Waals surface area contributed by atoms with E-state index in [0.717, 1.165) is 33.7 Å². The van der Waals surface area contributed by atoms with Crippen molar-refractivity contribution in [3.8, 4) is 12.8 Å². The molecule has 0 unspecified atom stereocenters. The van der Waals surface area contributed by atoms with Gasteiger partial charge in [-0.1, -0.05) is 77.8 Å². The van der Waals surface area contributed by atoms with Crippen LogP contribution in [0.5, 0.6) is 0 Å². The lowest BCUT2D eigenvalue weighted by Gasteiger charge is -2.18. The van der Waals surface area contributed by atoms with Crippen molar-refractivity contribution in [2.24, 2.45) is 0 Å². The number of hydrogen-bond acceptors (Lipinski definition) is 3.